The topological polar surface area (TPSA) is 36.0 Å². The van der Waals surface area contributed by atoms with E-state index in [0.29, 0.717) is 12.0 Å². The van der Waals surface area contributed by atoms with Crippen LogP contribution < -0.4 is 4.74 Å². The van der Waals surface area contributed by atoms with Crippen molar-refractivity contribution in [3.8, 4) is 5.75 Å². The van der Waals surface area contributed by atoms with Crippen LogP contribution in [0.3, 0.4) is 0 Å². The molecule has 2 saturated heterocycles. The Bertz CT molecular complexity index is 773. The second-order valence-electron chi connectivity index (χ2n) is 10.4. The molecule has 0 N–H and O–H groups in total. The van der Waals surface area contributed by atoms with Crippen molar-refractivity contribution < 1.29 is 13.9 Å². The lowest BCUT2D eigenvalue weighted by Crippen LogP contribution is -2.40. The molecule has 0 spiro atoms. The second kappa shape index (κ2) is 11.5. The lowest BCUT2D eigenvalue weighted by molar-refractivity contribution is 0.161. The third kappa shape index (κ3) is 6.40. The summed E-state index contributed by atoms with van der Waals surface area (Å²) in [7, 11) is 0. The Kier molecular flexibility index (Phi) is 8.50. The van der Waals surface area contributed by atoms with Crippen molar-refractivity contribution in [2.75, 3.05) is 39.3 Å². The number of hydrogen-bond donors (Lipinski definition) is 0. The van der Waals surface area contributed by atoms with Gasteiger partial charge < -0.3 is 19.4 Å². The minimum atomic E-state index is -0.179. The highest BCUT2D eigenvalue weighted by Crippen LogP contribution is 2.35. The van der Waals surface area contributed by atoms with E-state index in [1.807, 2.05) is 13.8 Å². The molecule has 1 aromatic rings. The number of amides is 2. The van der Waals surface area contributed by atoms with Crippen LogP contribution in [0.15, 0.2) is 18.2 Å². The van der Waals surface area contributed by atoms with Crippen LogP contribution in [-0.2, 0) is 0 Å². The summed E-state index contributed by atoms with van der Waals surface area (Å²) in [6.45, 7) is 9.89. The lowest BCUT2D eigenvalue weighted by Gasteiger charge is -2.33. The largest absolute Gasteiger partial charge is 0.491 e. The van der Waals surface area contributed by atoms with E-state index in [1.165, 1.54) is 38.2 Å². The zero-order valence-electron chi connectivity index (χ0n) is 20.6. The fraction of sp³-hybridized carbons (Fsp3) is 0.741. The van der Waals surface area contributed by atoms with Crippen LogP contribution in [0.5, 0.6) is 5.75 Å². The molecule has 2 heterocycles. The Balaban J connectivity index is 1.17. The van der Waals surface area contributed by atoms with E-state index < -0.39 is 0 Å². The number of hydrogen-bond acceptors (Lipinski definition) is 3. The molecule has 0 aromatic heterocycles. The monoisotopic (exact) mass is 459 g/mol. The number of rotatable bonds is 9. The zero-order valence-corrected chi connectivity index (χ0v) is 20.6. The number of piperidine rings is 1. The van der Waals surface area contributed by atoms with Crippen LogP contribution in [-0.4, -0.2) is 72.1 Å². The van der Waals surface area contributed by atoms with E-state index in [0.717, 1.165) is 76.3 Å². The Morgan fingerprint density at radius 3 is 2.42 bits per heavy atom. The highest BCUT2D eigenvalue weighted by Gasteiger charge is 2.33. The SMILES string of the molecule is CC(C)Oc1ccc(F)cc1C1CCN(CCCCN2CCN(C3CCCCC3)C2=O)CC1. The summed E-state index contributed by atoms with van der Waals surface area (Å²) in [6, 6.07) is 5.71. The van der Waals surface area contributed by atoms with E-state index in [2.05, 4.69) is 14.7 Å². The normalized spacial score (nSPS) is 21.4. The van der Waals surface area contributed by atoms with Gasteiger partial charge >= 0.3 is 6.03 Å². The predicted octanol–water partition coefficient (Wildman–Crippen LogP) is 5.64. The van der Waals surface area contributed by atoms with Crippen molar-refractivity contribution in [3.05, 3.63) is 29.6 Å². The van der Waals surface area contributed by atoms with Gasteiger partial charge in [0.2, 0.25) is 0 Å². The van der Waals surface area contributed by atoms with Crippen LogP contribution in [0.25, 0.3) is 0 Å². The molecule has 2 aliphatic heterocycles. The van der Waals surface area contributed by atoms with Crippen LogP contribution in [0.2, 0.25) is 0 Å². The van der Waals surface area contributed by atoms with E-state index in [1.54, 1.807) is 12.1 Å². The van der Waals surface area contributed by atoms with Crippen molar-refractivity contribution in [2.45, 2.75) is 89.7 Å². The summed E-state index contributed by atoms with van der Waals surface area (Å²) < 4.78 is 19.9. The third-order valence-corrected chi connectivity index (χ3v) is 7.66. The molecule has 0 unspecified atom stereocenters. The average molecular weight is 460 g/mol. The number of halogens is 1. The number of likely N-dealkylation sites (tertiary alicyclic amines) is 1. The zero-order chi connectivity index (χ0) is 23.2. The summed E-state index contributed by atoms with van der Waals surface area (Å²) >= 11 is 0. The predicted molar refractivity (Wildman–Crippen MR) is 130 cm³/mol. The Hall–Kier alpha value is -1.82. The maximum Gasteiger partial charge on any atom is 0.320 e. The number of nitrogens with zero attached hydrogens (tertiary/aromatic N) is 3. The molecule has 0 radical (unpaired) electrons. The number of urea groups is 1. The summed E-state index contributed by atoms with van der Waals surface area (Å²) in [4.78, 5) is 19.5. The molecule has 4 rings (SSSR count). The van der Waals surface area contributed by atoms with Gasteiger partial charge in [-0.3, -0.25) is 0 Å². The van der Waals surface area contributed by atoms with Crippen molar-refractivity contribution in [2.24, 2.45) is 0 Å². The van der Waals surface area contributed by atoms with Crippen molar-refractivity contribution in [1.82, 2.24) is 14.7 Å². The van der Waals surface area contributed by atoms with Gasteiger partial charge in [0.25, 0.3) is 0 Å². The maximum absolute atomic E-state index is 13.9. The van der Waals surface area contributed by atoms with Gasteiger partial charge in [0.05, 0.1) is 6.10 Å². The van der Waals surface area contributed by atoms with Crippen molar-refractivity contribution in [1.29, 1.82) is 0 Å². The minimum Gasteiger partial charge on any atom is -0.491 e. The highest BCUT2D eigenvalue weighted by molar-refractivity contribution is 5.76. The van der Waals surface area contributed by atoms with Gasteiger partial charge in [-0.1, -0.05) is 19.3 Å². The molecule has 184 valence electrons. The smallest absolute Gasteiger partial charge is 0.320 e. The molecule has 1 aromatic carbocycles. The third-order valence-electron chi connectivity index (χ3n) is 7.66. The molecule has 2 amide bonds. The molecule has 5 nitrogen and oxygen atoms in total. The first kappa shape index (κ1) is 24.3. The molecule has 3 fully saturated rings. The Morgan fingerprint density at radius 2 is 1.70 bits per heavy atom. The van der Waals surface area contributed by atoms with Gasteiger partial charge in [-0.05, 0) is 96.1 Å². The molecular weight excluding hydrogens is 417 g/mol. The molecule has 1 aliphatic carbocycles. The quantitative estimate of drug-likeness (QED) is 0.448. The molecule has 33 heavy (non-hydrogen) atoms. The maximum atomic E-state index is 13.9. The fourth-order valence-electron chi connectivity index (χ4n) is 5.85. The van der Waals surface area contributed by atoms with Gasteiger partial charge in [-0.15, -0.1) is 0 Å². The van der Waals surface area contributed by atoms with E-state index in [-0.39, 0.29) is 18.0 Å². The molecular formula is C27H42FN3O2. The van der Waals surface area contributed by atoms with Crippen molar-refractivity contribution in [3.63, 3.8) is 0 Å². The summed E-state index contributed by atoms with van der Waals surface area (Å²) in [6.07, 6.45) is 10.6. The first-order chi connectivity index (χ1) is 16.0. The number of benzene rings is 1. The van der Waals surface area contributed by atoms with Gasteiger partial charge in [-0.25, -0.2) is 9.18 Å². The van der Waals surface area contributed by atoms with Crippen LogP contribution in [0, 0.1) is 5.82 Å². The number of ether oxygens (including phenoxy) is 1. The van der Waals surface area contributed by atoms with Crippen LogP contribution >= 0.6 is 0 Å². The summed E-state index contributed by atoms with van der Waals surface area (Å²) in [5, 5.41) is 0. The van der Waals surface area contributed by atoms with E-state index in [9.17, 15) is 9.18 Å². The average Bonchev–Trinajstić information content (AvgIpc) is 3.19. The van der Waals surface area contributed by atoms with E-state index in [4.69, 9.17) is 4.74 Å². The highest BCUT2D eigenvalue weighted by atomic mass is 19.1. The number of carbonyl (C=O) groups excluding carboxylic acids is 1. The van der Waals surface area contributed by atoms with Gasteiger partial charge in [0.15, 0.2) is 0 Å². The Labute approximate surface area is 199 Å². The summed E-state index contributed by atoms with van der Waals surface area (Å²) in [5.41, 5.74) is 1.03. The molecule has 6 heteroatoms. The molecule has 1 saturated carbocycles. The molecule has 0 bridgehead atoms. The lowest BCUT2D eigenvalue weighted by atomic mass is 9.88. The fourth-order valence-corrected chi connectivity index (χ4v) is 5.85. The molecule has 3 aliphatic rings. The standard InChI is InChI=1S/C27H42FN3O2/c1-21(2)33-26-11-10-23(28)20-25(26)22-12-16-29(17-13-22)14-6-7-15-30-18-19-31(27(30)32)24-8-4-3-5-9-24/h10-11,20-22,24H,3-9,12-19H2,1-2H3. The number of carbonyl (C=O) groups is 1. The first-order valence-electron chi connectivity index (χ1n) is 13.3. The van der Waals surface area contributed by atoms with Crippen LogP contribution in [0.4, 0.5) is 9.18 Å². The Morgan fingerprint density at radius 1 is 0.970 bits per heavy atom. The summed E-state index contributed by atoms with van der Waals surface area (Å²) in [5.74, 6) is 1.02. The minimum absolute atomic E-state index is 0.0894. The van der Waals surface area contributed by atoms with E-state index >= 15 is 0 Å². The van der Waals surface area contributed by atoms with Crippen molar-refractivity contribution >= 4 is 6.03 Å². The number of unbranched alkanes of at least 4 members (excludes halogenated alkanes) is 1. The van der Waals surface area contributed by atoms with Crippen LogP contribution in [0.1, 0.15) is 83.1 Å². The second-order valence-corrected chi connectivity index (χ2v) is 10.4. The van der Waals surface area contributed by atoms with Gasteiger partial charge in [0.1, 0.15) is 11.6 Å². The van der Waals surface area contributed by atoms with Gasteiger partial charge in [0, 0.05) is 31.2 Å². The molecule has 0 atom stereocenters. The van der Waals surface area contributed by atoms with Gasteiger partial charge in [-0.2, -0.15) is 0 Å². The first-order valence-corrected chi connectivity index (χ1v) is 13.3.